The first-order valence-electron chi connectivity index (χ1n) is 9.49. The number of hydrogen-bond donors (Lipinski definition) is 3. The number of aromatic nitrogens is 2. The number of imidazole rings is 1. The van der Waals surface area contributed by atoms with Crippen LogP contribution in [0.15, 0.2) is 35.3 Å². The van der Waals surface area contributed by atoms with Gasteiger partial charge < -0.3 is 24.7 Å². The molecular formula is C20H28N4O4. The van der Waals surface area contributed by atoms with E-state index in [9.17, 15) is 14.7 Å². The van der Waals surface area contributed by atoms with Crippen molar-refractivity contribution in [3.05, 3.63) is 52.2 Å². The number of aliphatic hydroxyl groups is 1. The van der Waals surface area contributed by atoms with Crippen LogP contribution in [0.3, 0.4) is 0 Å². The van der Waals surface area contributed by atoms with Gasteiger partial charge in [-0.25, -0.2) is 4.79 Å². The first kappa shape index (κ1) is 20.2. The van der Waals surface area contributed by atoms with Crippen LogP contribution in [-0.2, 0) is 6.54 Å². The fourth-order valence-electron chi connectivity index (χ4n) is 3.76. The summed E-state index contributed by atoms with van der Waals surface area (Å²) in [4.78, 5) is 32.5. The van der Waals surface area contributed by atoms with E-state index in [0.717, 1.165) is 17.9 Å². The van der Waals surface area contributed by atoms with Crippen molar-refractivity contribution in [3.63, 3.8) is 0 Å². The molecule has 1 amide bonds. The van der Waals surface area contributed by atoms with E-state index >= 15 is 0 Å². The number of amides is 1. The Morgan fingerprint density at radius 1 is 1.29 bits per heavy atom. The number of benzene rings is 1. The summed E-state index contributed by atoms with van der Waals surface area (Å²) in [6.07, 6.45) is 3.24. The largest absolute Gasteiger partial charge is 0.497 e. The van der Waals surface area contributed by atoms with Crippen molar-refractivity contribution in [2.24, 2.45) is 0 Å². The van der Waals surface area contributed by atoms with Crippen LogP contribution in [0, 0.1) is 0 Å². The van der Waals surface area contributed by atoms with Crippen molar-refractivity contribution in [2.45, 2.75) is 31.4 Å². The second kappa shape index (κ2) is 8.62. The molecule has 3 N–H and O–H groups in total. The fraction of sp³-hybridized carbons (Fsp3) is 0.500. The maximum Gasteiger partial charge on any atom is 0.323 e. The minimum atomic E-state index is -0.845. The topological polar surface area (TPSA) is 102 Å². The van der Waals surface area contributed by atoms with Crippen LogP contribution in [0.1, 0.15) is 35.3 Å². The molecule has 1 saturated heterocycles. The first-order valence-corrected chi connectivity index (χ1v) is 9.49. The van der Waals surface area contributed by atoms with E-state index in [0.29, 0.717) is 38.9 Å². The first-order chi connectivity index (χ1) is 13.4. The zero-order valence-corrected chi connectivity index (χ0v) is 16.4. The number of hydrogen-bond acceptors (Lipinski definition) is 5. The van der Waals surface area contributed by atoms with E-state index in [1.54, 1.807) is 12.0 Å². The molecule has 1 fully saturated rings. The van der Waals surface area contributed by atoms with Gasteiger partial charge in [-0.1, -0.05) is 12.1 Å². The van der Waals surface area contributed by atoms with Crippen molar-refractivity contribution in [3.8, 4) is 5.75 Å². The quantitative estimate of drug-likeness (QED) is 0.690. The van der Waals surface area contributed by atoms with Gasteiger partial charge in [-0.3, -0.25) is 9.69 Å². The van der Waals surface area contributed by atoms with Crippen LogP contribution in [-0.4, -0.2) is 70.2 Å². The summed E-state index contributed by atoms with van der Waals surface area (Å²) in [7, 11) is 3.63. The lowest BCUT2D eigenvalue weighted by Gasteiger charge is -2.31. The molecule has 0 spiro atoms. The number of carbonyl (C=O) groups excluding carboxylic acids is 1. The standard InChI is InChI=1S/C20H28N4O4/c1-23(13-15-4-6-16(28-2)7-5-15)14-20(27)8-3-10-24(11-9-20)18(25)17-12-21-19(26)22-17/h4-7,12,27H,3,8-11,13-14H2,1-2H3,(H2,21,22,26)/t20-/m0/s1. The zero-order valence-electron chi connectivity index (χ0n) is 16.4. The van der Waals surface area contributed by atoms with Crippen molar-refractivity contribution < 1.29 is 14.6 Å². The van der Waals surface area contributed by atoms with Crippen LogP contribution < -0.4 is 10.4 Å². The number of rotatable bonds is 6. The van der Waals surface area contributed by atoms with Crippen molar-refractivity contribution >= 4 is 5.91 Å². The molecule has 0 bridgehead atoms. The number of H-pyrrole nitrogens is 2. The Morgan fingerprint density at radius 2 is 2.04 bits per heavy atom. The van der Waals surface area contributed by atoms with E-state index in [-0.39, 0.29) is 11.6 Å². The van der Waals surface area contributed by atoms with Gasteiger partial charge in [0.2, 0.25) is 0 Å². The summed E-state index contributed by atoms with van der Waals surface area (Å²) in [6, 6.07) is 7.89. The minimum Gasteiger partial charge on any atom is -0.497 e. The van der Waals surface area contributed by atoms with Gasteiger partial charge in [0, 0.05) is 32.4 Å². The van der Waals surface area contributed by atoms with Crippen molar-refractivity contribution in [1.29, 1.82) is 0 Å². The summed E-state index contributed by atoms with van der Waals surface area (Å²) in [5.41, 5.74) is 0.164. The summed E-state index contributed by atoms with van der Waals surface area (Å²) >= 11 is 0. The third-order valence-electron chi connectivity index (χ3n) is 5.21. The van der Waals surface area contributed by atoms with Gasteiger partial charge >= 0.3 is 5.69 Å². The highest BCUT2D eigenvalue weighted by atomic mass is 16.5. The molecule has 1 aliphatic heterocycles. The second-order valence-corrected chi connectivity index (χ2v) is 7.55. The Balaban J connectivity index is 1.56. The molecule has 8 heteroatoms. The number of carbonyl (C=O) groups is 1. The molecule has 1 aromatic carbocycles. The van der Waals surface area contributed by atoms with E-state index in [2.05, 4.69) is 14.9 Å². The minimum absolute atomic E-state index is 0.214. The van der Waals surface area contributed by atoms with Crippen LogP contribution in [0.4, 0.5) is 0 Å². The number of nitrogens with zero attached hydrogens (tertiary/aromatic N) is 2. The van der Waals surface area contributed by atoms with Gasteiger partial charge in [-0.15, -0.1) is 0 Å². The van der Waals surface area contributed by atoms with Crippen LogP contribution >= 0.6 is 0 Å². The van der Waals surface area contributed by atoms with Crippen LogP contribution in [0.2, 0.25) is 0 Å². The molecule has 0 unspecified atom stereocenters. The number of likely N-dealkylation sites (tertiary alicyclic amines) is 1. The van der Waals surface area contributed by atoms with Crippen molar-refractivity contribution in [1.82, 2.24) is 19.8 Å². The summed E-state index contributed by atoms with van der Waals surface area (Å²) in [6.45, 7) is 2.27. The fourth-order valence-corrected chi connectivity index (χ4v) is 3.76. The predicted octanol–water partition coefficient (Wildman–Crippen LogP) is 1.20. The molecular weight excluding hydrogens is 360 g/mol. The van der Waals surface area contributed by atoms with Gasteiger partial charge in [0.25, 0.3) is 5.91 Å². The van der Waals surface area contributed by atoms with Gasteiger partial charge in [0.15, 0.2) is 0 Å². The molecule has 0 saturated carbocycles. The van der Waals surface area contributed by atoms with Crippen molar-refractivity contribution in [2.75, 3.05) is 33.8 Å². The Hall–Kier alpha value is -2.58. The molecule has 0 radical (unpaired) electrons. The molecule has 1 atom stereocenters. The highest BCUT2D eigenvalue weighted by Crippen LogP contribution is 2.25. The lowest BCUT2D eigenvalue weighted by Crippen LogP contribution is -2.42. The number of likely N-dealkylation sites (N-methyl/N-ethyl adjacent to an activating group) is 1. The van der Waals surface area contributed by atoms with E-state index in [1.807, 2.05) is 31.3 Å². The van der Waals surface area contributed by atoms with E-state index in [1.165, 1.54) is 6.20 Å². The lowest BCUT2D eigenvalue weighted by molar-refractivity contribution is -0.00402. The molecule has 3 rings (SSSR count). The van der Waals surface area contributed by atoms with Gasteiger partial charge in [0.05, 0.1) is 12.7 Å². The SMILES string of the molecule is COc1ccc(CN(C)C[C@]2(O)CCCN(C(=O)c3c[nH]c(=O)[nH]3)CC2)cc1. The summed E-state index contributed by atoms with van der Waals surface area (Å²) in [5, 5.41) is 11.1. The molecule has 2 heterocycles. The average Bonchev–Trinajstić information content (AvgIpc) is 3.01. The Bertz CT molecular complexity index is 844. The van der Waals surface area contributed by atoms with E-state index < -0.39 is 11.3 Å². The maximum atomic E-state index is 12.5. The average molecular weight is 388 g/mol. The van der Waals surface area contributed by atoms with Gasteiger partial charge in [0.1, 0.15) is 11.4 Å². The molecule has 0 aliphatic carbocycles. The Morgan fingerprint density at radius 3 is 2.68 bits per heavy atom. The monoisotopic (exact) mass is 388 g/mol. The van der Waals surface area contributed by atoms with Crippen LogP contribution in [0.5, 0.6) is 5.75 Å². The third-order valence-corrected chi connectivity index (χ3v) is 5.21. The Labute approximate surface area is 164 Å². The van der Waals surface area contributed by atoms with Crippen LogP contribution in [0.25, 0.3) is 0 Å². The van der Waals surface area contributed by atoms with E-state index in [4.69, 9.17) is 4.74 Å². The number of methoxy groups -OCH3 is 1. The lowest BCUT2D eigenvalue weighted by atomic mass is 9.94. The second-order valence-electron chi connectivity index (χ2n) is 7.55. The normalized spacial score (nSPS) is 20.2. The highest BCUT2D eigenvalue weighted by Gasteiger charge is 2.33. The number of ether oxygens (including phenoxy) is 1. The van der Waals surface area contributed by atoms with Gasteiger partial charge in [-0.05, 0) is 44.0 Å². The molecule has 2 aromatic rings. The van der Waals surface area contributed by atoms with Gasteiger partial charge in [-0.2, -0.15) is 0 Å². The summed E-state index contributed by atoms with van der Waals surface area (Å²) < 4.78 is 5.18. The molecule has 152 valence electrons. The summed E-state index contributed by atoms with van der Waals surface area (Å²) in [5.74, 6) is 0.608. The molecule has 1 aromatic heterocycles. The smallest absolute Gasteiger partial charge is 0.323 e. The molecule has 1 aliphatic rings. The third kappa shape index (κ3) is 5.02. The number of aromatic amines is 2. The Kier molecular flexibility index (Phi) is 6.21. The molecule has 8 nitrogen and oxygen atoms in total. The number of nitrogens with one attached hydrogen (secondary N) is 2. The predicted molar refractivity (Wildman–Crippen MR) is 105 cm³/mol. The highest BCUT2D eigenvalue weighted by molar-refractivity contribution is 5.92. The maximum absolute atomic E-state index is 12.5. The molecule has 28 heavy (non-hydrogen) atoms. The zero-order chi connectivity index (χ0) is 20.1.